The highest BCUT2D eigenvalue weighted by molar-refractivity contribution is 7.11. The van der Waals surface area contributed by atoms with Gasteiger partial charge >= 0.3 is 0 Å². The number of guanidine groups is 1. The van der Waals surface area contributed by atoms with E-state index >= 15 is 0 Å². The first kappa shape index (κ1) is 19.1. The molecule has 0 aliphatic carbocycles. The molecule has 0 saturated carbocycles. The van der Waals surface area contributed by atoms with Crippen LogP contribution < -0.4 is 20.1 Å². The molecule has 6 heteroatoms. The fourth-order valence-electron chi connectivity index (χ4n) is 2.51. The lowest BCUT2D eigenvalue weighted by molar-refractivity contribution is 0.354. The second-order valence-electron chi connectivity index (χ2n) is 5.66. The van der Waals surface area contributed by atoms with Gasteiger partial charge in [-0.15, -0.1) is 11.3 Å². The number of rotatable bonds is 8. The van der Waals surface area contributed by atoms with Crippen LogP contribution in [0.25, 0.3) is 0 Å². The number of benzene rings is 1. The van der Waals surface area contributed by atoms with Crippen LogP contribution in [0.3, 0.4) is 0 Å². The van der Waals surface area contributed by atoms with Crippen LogP contribution in [0.15, 0.2) is 35.3 Å². The highest BCUT2D eigenvalue weighted by Crippen LogP contribution is 2.27. The van der Waals surface area contributed by atoms with Crippen molar-refractivity contribution in [1.29, 1.82) is 0 Å². The normalized spacial score (nSPS) is 11.3. The minimum Gasteiger partial charge on any atom is -0.493 e. The molecule has 1 heterocycles. The van der Waals surface area contributed by atoms with Crippen molar-refractivity contribution in [2.45, 2.75) is 26.3 Å². The summed E-state index contributed by atoms with van der Waals surface area (Å²) in [6.45, 7) is 3.78. The largest absolute Gasteiger partial charge is 0.493 e. The molecule has 0 amide bonds. The zero-order valence-electron chi connectivity index (χ0n) is 15.4. The molecule has 2 N–H and O–H groups in total. The number of hydrogen-bond acceptors (Lipinski definition) is 4. The Morgan fingerprint density at radius 2 is 1.88 bits per heavy atom. The zero-order chi connectivity index (χ0) is 18.1. The van der Waals surface area contributed by atoms with Gasteiger partial charge in [-0.3, -0.25) is 4.99 Å². The SMILES string of the molecule is CN=C(NCCCc1ccc(OC)c(OC)c1)NCc1ccc(C)s1. The molecule has 1 aromatic heterocycles. The van der Waals surface area contributed by atoms with Gasteiger partial charge in [0.15, 0.2) is 17.5 Å². The van der Waals surface area contributed by atoms with E-state index in [4.69, 9.17) is 9.47 Å². The number of ether oxygens (including phenoxy) is 2. The van der Waals surface area contributed by atoms with E-state index in [1.807, 2.05) is 12.1 Å². The molecule has 0 aliphatic rings. The third kappa shape index (κ3) is 5.98. The van der Waals surface area contributed by atoms with E-state index < -0.39 is 0 Å². The second kappa shape index (κ2) is 9.93. The quantitative estimate of drug-likeness (QED) is 0.430. The number of nitrogens with zero attached hydrogens (tertiary/aromatic N) is 1. The van der Waals surface area contributed by atoms with Gasteiger partial charge in [0.2, 0.25) is 0 Å². The van der Waals surface area contributed by atoms with Crippen molar-refractivity contribution in [2.75, 3.05) is 27.8 Å². The van der Waals surface area contributed by atoms with Gasteiger partial charge < -0.3 is 20.1 Å². The predicted octanol–water partition coefficient (Wildman–Crippen LogP) is 3.37. The van der Waals surface area contributed by atoms with Crippen molar-refractivity contribution in [2.24, 2.45) is 4.99 Å². The number of thiophene rings is 1. The number of aryl methyl sites for hydroxylation is 2. The number of nitrogens with one attached hydrogen (secondary N) is 2. The van der Waals surface area contributed by atoms with Gasteiger partial charge in [0.05, 0.1) is 20.8 Å². The average molecular weight is 362 g/mol. The van der Waals surface area contributed by atoms with Gasteiger partial charge in [-0.05, 0) is 49.6 Å². The van der Waals surface area contributed by atoms with Crippen molar-refractivity contribution in [3.05, 3.63) is 45.6 Å². The minimum atomic E-state index is 0.762. The predicted molar refractivity (Wildman–Crippen MR) is 105 cm³/mol. The first-order chi connectivity index (χ1) is 12.2. The summed E-state index contributed by atoms with van der Waals surface area (Å²) in [5.74, 6) is 2.37. The average Bonchev–Trinajstić information content (AvgIpc) is 3.06. The Morgan fingerprint density at radius 3 is 2.52 bits per heavy atom. The molecule has 0 bridgehead atoms. The summed E-state index contributed by atoms with van der Waals surface area (Å²) < 4.78 is 10.6. The molecule has 25 heavy (non-hydrogen) atoms. The molecule has 136 valence electrons. The Balaban J connectivity index is 1.73. The number of methoxy groups -OCH3 is 2. The zero-order valence-corrected chi connectivity index (χ0v) is 16.2. The van der Waals surface area contributed by atoms with Gasteiger partial charge in [0, 0.05) is 23.3 Å². The molecule has 2 aromatic rings. The van der Waals surface area contributed by atoms with Crippen LogP contribution in [0.2, 0.25) is 0 Å². The van der Waals surface area contributed by atoms with Crippen LogP contribution in [0.4, 0.5) is 0 Å². The lowest BCUT2D eigenvalue weighted by atomic mass is 10.1. The first-order valence-corrected chi connectivity index (χ1v) is 9.18. The Kier molecular flexibility index (Phi) is 7.60. The molecule has 0 radical (unpaired) electrons. The number of aliphatic imine (C=N–C) groups is 1. The van der Waals surface area contributed by atoms with E-state index in [1.54, 1.807) is 32.6 Å². The lowest BCUT2D eigenvalue weighted by Gasteiger charge is -2.12. The highest BCUT2D eigenvalue weighted by Gasteiger charge is 2.05. The first-order valence-electron chi connectivity index (χ1n) is 8.37. The Hall–Kier alpha value is -2.21. The van der Waals surface area contributed by atoms with Crippen LogP contribution in [-0.4, -0.2) is 33.8 Å². The molecule has 1 aromatic carbocycles. The summed E-state index contributed by atoms with van der Waals surface area (Å²) in [7, 11) is 5.11. The molecule has 0 unspecified atom stereocenters. The van der Waals surface area contributed by atoms with E-state index in [1.165, 1.54) is 15.3 Å². The Labute approximate surface area is 154 Å². The maximum atomic E-state index is 5.35. The van der Waals surface area contributed by atoms with Crippen molar-refractivity contribution in [1.82, 2.24) is 10.6 Å². The van der Waals surface area contributed by atoms with Crippen molar-refractivity contribution in [3.8, 4) is 11.5 Å². The van der Waals surface area contributed by atoms with Crippen LogP contribution in [0.5, 0.6) is 11.5 Å². The van der Waals surface area contributed by atoms with Gasteiger partial charge in [-0.25, -0.2) is 0 Å². The third-order valence-corrected chi connectivity index (χ3v) is 4.83. The summed E-state index contributed by atoms with van der Waals surface area (Å²) in [6.07, 6.45) is 1.97. The van der Waals surface area contributed by atoms with Crippen LogP contribution in [-0.2, 0) is 13.0 Å². The smallest absolute Gasteiger partial charge is 0.191 e. The Morgan fingerprint density at radius 1 is 1.08 bits per heavy atom. The maximum Gasteiger partial charge on any atom is 0.191 e. The molecule has 0 aliphatic heterocycles. The van der Waals surface area contributed by atoms with Crippen molar-refractivity contribution >= 4 is 17.3 Å². The highest BCUT2D eigenvalue weighted by atomic mass is 32.1. The third-order valence-electron chi connectivity index (χ3n) is 3.83. The Bertz CT molecular complexity index is 698. The number of hydrogen-bond donors (Lipinski definition) is 2. The molecular formula is C19H27N3O2S. The van der Waals surface area contributed by atoms with Gasteiger partial charge in [-0.2, -0.15) is 0 Å². The van der Waals surface area contributed by atoms with Gasteiger partial charge in [0.25, 0.3) is 0 Å². The van der Waals surface area contributed by atoms with E-state index in [0.717, 1.165) is 43.4 Å². The van der Waals surface area contributed by atoms with E-state index in [-0.39, 0.29) is 0 Å². The maximum absolute atomic E-state index is 5.35. The van der Waals surface area contributed by atoms with Gasteiger partial charge in [0.1, 0.15) is 0 Å². The van der Waals surface area contributed by atoms with Gasteiger partial charge in [-0.1, -0.05) is 6.07 Å². The standard InChI is InChI=1S/C19H27N3O2S/c1-14-7-9-16(25-14)13-22-19(20-2)21-11-5-6-15-8-10-17(23-3)18(12-15)24-4/h7-10,12H,5-6,11,13H2,1-4H3,(H2,20,21,22). The topological polar surface area (TPSA) is 54.9 Å². The summed E-state index contributed by atoms with van der Waals surface area (Å²) in [5.41, 5.74) is 1.23. The van der Waals surface area contributed by atoms with E-state index in [2.05, 4.69) is 40.7 Å². The van der Waals surface area contributed by atoms with Crippen LogP contribution >= 0.6 is 11.3 Å². The minimum absolute atomic E-state index is 0.762. The van der Waals surface area contributed by atoms with Crippen LogP contribution in [0, 0.1) is 6.92 Å². The molecule has 2 rings (SSSR count). The molecule has 0 spiro atoms. The second-order valence-corrected chi connectivity index (χ2v) is 7.03. The summed E-state index contributed by atoms with van der Waals surface area (Å²) in [5, 5.41) is 6.70. The van der Waals surface area contributed by atoms with E-state index in [9.17, 15) is 0 Å². The lowest BCUT2D eigenvalue weighted by Crippen LogP contribution is -2.37. The van der Waals surface area contributed by atoms with E-state index in [0.29, 0.717) is 0 Å². The summed E-state index contributed by atoms with van der Waals surface area (Å²) in [4.78, 5) is 6.91. The molecular weight excluding hydrogens is 334 g/mol. The monoisotopic (exact) mass is 361 g/mol. The molecule has 0 atom stereocenters. The fraction of sp³-hybridized carbons (Fsp3) is 0.421. The van der Waals surface area contributed by atoms with Crippen molar-refractivity contribution < 1.29 is 9.47 Å². The molecule has 5 nitrogen and oxygen atoms in total. The summed E-state index contributed by atoms with van der Waals surface area (Å²) >= 11 is 1.80. The summed E-state index contributed by atoms with van der Waals surface area (Å²) in [6, 6.07) is 10.3. The molecule has 0 fully saturated rings. The fourth-order valence-corrected chi connectivity index (χ4v) is 3.34. The van der Waals surface area contributed by atoms with Crippen molar-refractivity contribution in [3.63, 3.8) is 0 Å². The molecule has 0 saturated heterocycles. The van der Waals surface area contributed by atoms with Crippen LogP contribution in [0.1, 0.15) is 21.7 Å².